The predicted octanol–water partition coefficient (Wildman–Crippen LogP) is 3.63. The summed E-state index contributed by atoms with van der Waals surface area (Å²) in [5.41, 5.74) is -0.157. The highest BCUT2D eigenvalue weighted by molar-refractivity contribution is 9.11. The fourth-order valence-electron chi connectivity index (χ4n) is 6.15. The maximum Gasteiger partial charge on any atom is 0.411 e. The molecule has 2 unspecified atom stereocenters. The van der Waals surface area contributed by atoms with Crippen molar-refractivity contribution in [2.24, 2.45) is 0 Å². The topological polar surface area (TPSA) is 93.1 Å². The van der Waals surface area contributed by atoms with Crippen LogP contribution in [0.5, 0.6) is 6.01 Å². The summed E-state index contributed by atoms with van der Waals surface area (Å²) in [5, 5.41) is 0. The molecule has 4 fully saturated rings. The molecule has 4 saturated heterocycles. The molecule has 4 atom stereocenters. The minimum absolute atomic E-state index is 0.176. The first-order valence-corrected chi connectivity index (χ1v) is 14.4. The van der Waals surface area contributed by atoms with Crippen molar-refractivity contribution in [2.45, 2.75) is 69.4 Å². The molecule has 0 saturated carbocycles. The summed E-state index contributed by atoms with van der Waals surface area (Å²) in [4.78, 5) is 34.0. The van der Waals surface area contributed by atoms with Crippen LogP contribution in [0.2, 0.25) is 0 Å². The normalized spacial score (nSPS) is 30.1. The quantitative estimate of drug-likeness (QED) is 0.523. The number of nitrogens with zero attached hydrogens (tertiary/aromatic N) is 6. The minimum atomic E-state index is -0.816. The number of hydrogen-bond acceptors (Lipinski definition) is 10. The molecule has 0 aliphatic carbocycles. The molecule has 2 bridgehead atoms. The third-order valence-electron chi connectivity index (χ3n) is 7.60. The van der Waals surface area contributed by atoms with E-state index in [4.69, 9.17) is 19.2 Å². The summed E-state index contributed by atoms with van der Waals surface area (Å²) in [6.07, 6.45) is 1.33. The van der Waals surface area contributed by atoms with Crippen molar-refractivity contribution in [1.82, 2.24) is 24.8 Å². The van der Waals surface area contributed by atoms with E-state index < -0.39 is 11.8 Å². The van der Waals surface area contributed by atoms with Crippen LogP contribution in [-0.2, 0) is 9.47 Å². The number of thiazole rings is 1. The highest BCUT2D eigenvalue weighted by atomic mass is 79.9. The number of ether oxygens (including phenoxy) is 3. The second-order valence-electron chi connectivity index (χ2n) is 11.5. The van der Waals surface area contributed by atoms with Gasteiger partial charge in [-0.25, -0.2) is 14.2 Å². The Morgan fingerprint density at radius 3 is 2.70 bits per heavy atom. The number of amides is 1. The van der Waals surface area contributed by atoms with Crippen molar-refractivity contribution in [3.05, 3.63) is 3.92 Å². The van der Waals surface area contributed by atoms with Gasteiger partial charge in [0.05, 0.1) is 30.8 Å². The Kier molecular flexibility index (Phi) is 6.48. The Hall–Kier alpha value is -1.83. The first-order chi connectivity index (χ1) is 17.6. The largest absolute Gasteiger partial charge is 0.461 e. The molecule has 0 N–H and O–H groups in total. The van der Waals surface area contributed by atoms with Gasteiger partial charge < -0.3 is 19.1 Å². The Balaban J connectivity index is 1.26. The third-order valence-corrected chi connectivity index (χ3v) is 9.00. The zero-order chi connectivity index (χ0) is 25.9. The van der Waals surface area contributed by atoms with Gasteiger partial charge >= 0.3 is 12.1 Å². The number of rotatable bonds is 4. The van der Waals surface area contributed by atoms with Gasteiger partial charge in [0.15, 0.2) is 14.6 Å². The fourth-order valence-corrected chi connectivity index (χ4v) is 7.44. The zero-order valence-corrected chi connectivity index (χ0v) is 23.7. The van der Waals surface area contributed by atoms with Crippen molar-refractivity contribution in [2.75, 3.05) is 50.9 Å². The molecule has 0 spiro atoms. The van der Waals surface area contributed by atoms with Crippen LogP contribution >= 0.6 is 27.3 Å². The lowest BCUT2D eigenvalue weighted by atomic mass is 9.95. The predicted molar refractivity (Wildman–Crippen MR) is 140 cm³/mol. The zero-order valence-electron chi connectivity index (χ0n) is 21.3. The van der Waals surface area contributed by atoms with Gasteiger partial charge in [-0.3, -0.25) is 9.80 Å². The number of piperazine rings is 1. The van der Waals surface area contributed by atoms with Gasteiger partial charge in [0, 0.05) is 26.1 Å². The van der Waals surface area contributed by atoms with E-state index in [1.807, 2.05) is 25.7 Å². The lowest BCUT2D eigenvalue weighted by Crippen LogP contribution is -2.66. The van der Waals surface area contributed by atoms with Crippen LogP contribution in [0.3, 0.4) is 0 Å². The monoisotopic (exact) mass is 598 g/mol. The van der Waals surface area contributed by atoms with E-state index >= 15 is 0 Å². The molecular formula is C24H32BrFN6O4S. The lowest BCUT2D eigenvalue weighted by molar-refractivity contribution is -0.0665. The minimum Gasteiger partial charge on any atom is -0.461 e. The van der Waals surface area contributed by atoms with Gasteiger partial charge in [-0.1, -0.05) is 11.3 Å². The number of halogens is 2. The van der Waals surface area contributed by atoms with Crippen LogP contribution in [0.4, 0.5) is 15.0 Å². The maximum atomic E-state index is 14.2. The molecule has 13 heteroatoms. The standard InChI is InChI=1S/C24H32BrFN6O4S/c1-23(2,3)36-22(33)32-15-9-30(10-16(32)12-34-11-15)18-17-19(37-20(25)27-17)29-21(28-18)35-13-24-5-4-6-31(24)8-14(26)7-24/h14-16H,4-13H2,1-3H3/t14-,15?,16?,24+/m1/s1. The average molecular weight is 600 g/mol. The highest BCUT2D eigenvalue weighted by Crippen LogP contribution is 2.41. The number of morpholine rings is 1. The SMILES string of the molecule is CC(C)(C)OC(=O)N1C2COCC1CN(c1nc(OC[C@@]34CCCN3C[C@H](F)C4)nc3sc(Br)nc13)C2. The molecule has 6 rings (SSSR count). The summed E-state index contributed by atoms with van der Waals surface area (Å²) in [6.45, 7) is 9.26. The second-order valence-corrected chi connectivity index (χ2v) is 13.7. The summed E-state index contributed by atoms with van der Waals surface area (Å²) in [6, 6.07) is -0.0763. The number of fused-ring (bicyclic) bond motifs is 4. The summed E-state index contributed by atoms with van der Waals surface area (Å²) in [5.74, 6) is 0.679. The van der Waals surface area contributed by atoms with E-state index in [2.05, 4.69) is 35.7 Å². The molecule has 6 heterocycles. The molecule has 202 valence electrons. The van der Waals surface area contributed by atoms with E-state index in [0.29, 0.717) is 61.1 Å². The first-order valence-electron chi connectivity index (χ1n) is 12.8. The van der Waals surface area contributed by atoms with E-state index in [1.165, 1.54) is 11.3 Å². The third kappa shape index (κ3) is 4.87. The number of carbonyl (C=O) groups excluding carboxylic acids is 1. The van der Waals surface area contributed by atoms with Gasteiger partial charge in [-0.05, 0) is 56.1 Å². The van der Waals surface area contributed by atoms with E-state index in [0.717, 1.165) is 24.2 Å². The molecule has 0 aromatic carbocycles. The smallest absolute Gasteiger partial charge is 0.411 e. The molecule has 0 radical (unpaired) electrons. The van der Waals surface area contributed by atoms with Crippen LogP contribution < -0.4 is 9.64 Å². The first kappa shape index (κ1) is 25.4. The van der Waals surface area contributed by atoms with Crippen LogP contribution in [0.1, 0.15) is 40.0 Å². The maximum absolute atomic E-state index is 14.2. The van der Waals surface area contributed by atoms with Gasteiger partial charge in [-0.15, -0.1) is 0 Å². The highest BCUT2D eigenvalue weighted by Gasteiger charge is 2.49. The van der Waals surface area contributed by atoms with Crippen LogP contribution in [0.25, 0.3) is 10.3 Å². The molecule has 1 amide bonds. The fraction of sp³-hybridized carbons (Fsp3) is 0.750. The Morgan fingerprint density at radius 1 is 1.22 bits per heavy atom. The summed E-state index contributed by atoms with van der Waals surface area (Å²) >= 11 is 4.91. The molecule has 37 heavy (non-hydrogen) atoms. The molecule has 4 aliphatic heterocycles. The Bertz CT molecular complexity index is 1180. The van der Waals surface area contributed by atoms with Crippen LogP contribution in [0.15, 0.2) is 3.92 Å². The molecule has 4 aliphatic rings. The van der Waals surface area contributed by atoms with Crippen LogP contribution in [0, 0.1) is 0 Å². The van der Waals surface area contributed by atoms with Crippen molar-refractivity contribution >= 4 is 49.5 Å². The van der Waals surface area contributed by atoms with Gasteiger partial charge in [-0.2, -0.15) is 9.97 Å². The van der Waals surface area contributed by atoms with Crippen molar-refractivity contribution in [3.63, 3.8) is 0 Å². The number of hydrogen-bond donors (Lipinski definition) is 0. The summed E-state index contributed by atoms with van der Waals surface area (Å²) in [7, 11) is 0. The van der Waals surface area contributed by atoms with Crippen molar-refractivity contribution < 1.29 is 23.4 Å². The van der Waals surface area contributed by atoms with Crippen molar-refractivity contribution in [1.29, 1.82) is 0 Å². The second kappa shape index (κ2) is 9.42. The van der Waals surface area contributed by atoms with Crippen LogP contribution in [-0.4, -0.2) is 106 Å². The van der Waals surface area contributed by atoms with Gasteiger partial charge in [0.25, 0.3) is 0 Å². The Morgan fingerprint density at radius 2 is 1.97 bits per heavy atom. The number of aromatic nitrogens is 3. The number of carbonyl (C=O) groups is 1. The van der Waals surface area contributed by atoms with E-state index in [-0.39, 0.29) is 29.7 Å². The summed E-state index contributed by atoms with van der Waals surface area (Å²) < 4.78 is 32.6. The molecule has 10 nitrogen and oxygen atoms in total. The molecule has 2 aromatic heterocycles. The molecular weight excluding hydrogens is 567 g/mol. The molecule has 2 aromatic rings. The Labute approximate surface area is 227 Å². The van der Waals surface area contributed by atoms with Gasteiger partial charge in [0.1, 0.15) is 23.9 Å². The number of anilines is 1. The van der Waals surface area contributed by atoms with Crippen molar-refractivity contribution in [3.8, 4) is 6.01 Å². The average Bonchev–Trinajstić information content (AvgIpc) is 3.45. The lowest BCUT2D eigenvalue weighted by Gasteiger charge is -2.49. The van der Waals surface area contributed by atoms with Gasteiger partial charge in [0.2, 0.25) is 0 Å². The van der Waals surface area contributed by atoms with E-state index in [9.17, 15) is 9.18 Å². The number of alkyl halides is 1. The van der Waals surface area contributed by atoms with E-state index in [1.54, 1.807) is 0 Å².